The van der Waals surface area contributed by atoms with Crippen molar-refractivity contribution < 1.29 is 13.9 Å². The monoisotopic (exact) mass is 356 g/mol. The van der Waals surface area contributed by atoms with Gasteiger partial charge in [-0.05, 0) is 36.4 Å². The Kier molecular flexibility index (Phi) is 5.63. The molecule has 1 N–H and O–H groups in total. The van der Waals surface area contributed by atoms with Crippen molar-refractivity contribution >= 4 is 23.7 Å². The third-order valence-corrected chi connectivity index (χ3v) is 4.23. The molecule has 2 heterocycles. The Morgan fingerprint density at radius 1 is 1.20 bits per heavy atom. The fourth-order valence-corrected chi connectivity index (χ4v) is 2.83. The Labute approximate surface area is 148 Å². The third kappa shape index (κ3) is 4.80. The molecule has 0 fully saturated rings. The smallest absolute Gasteiger partial charge is 0.322 e. The molecule has 8 heteroatoms. The van der Waals surface area contributed by atoms with E-state index in [1.165, 1.54) is 0 Å². The zero-order chi connectivity index (χ0) is 17.5. The average Bonchev–Trinajstić information content (AvgIpc) is 3.11. The van der Waals surface area contributed by atoms with Crippen LogP contribution in [0.3, 0.4) is 0 Å². The first-order valence-corrected chi connectivity index (χ1v) is 8.55. The maximum atomic E-state index is 12.0. The number of methoxy groups -OCH3 is 1. The van der Waals surface area contributed by atoms with E-state index in [1.807, 2.05) is 30.3 Å². The fourth-order valence-electron chi connectivity index (χ4n) is 1.98. The summed E-state index contributed by atoms with van der Waals surface area (Å²) in [4.78, 5) is 17.1. The van der Waals surface area contributed by atoms with Crippen molar-refractivity contribution in [3.63, 3.8) is 0 Å². The molecule has 1 aromatic carbocycles. The van der Waals surface area contributed by atoms with Crippen LogP contribution in [0.15, 0.2) is 58.0 Å². The third-order valence-electron chi connectivity index (χ3n) is 3.21. The zero-order valence-electron chi connectivity index (χ0n) is 13.5. The minimum absolute atomic E-state index is 0.0695. The highest BCUT2D eigenvalue weighted by Crippen LogP contribution is 2.22. The number of aromatic nitrogens is 3. The Hall–Kier alpha value is -2.87. The van der Waals surface area contributed by atoms with Crippen LogP contribution in [0, 0.1) is 0 Å². The van der Waals surface area contributed by atoms with Gasteiger partial charge in [-0.25, -0.2) is 0 Å². The van der Waals surface area contributed by atoms with Crippen molar-refractivity contribution in [1.82, 2.24) is 15.2 Å². The molecule has 3 aromatic rings. The largest absolute Gasteiger partial charge is 0.497 e. The second kappa shape index (κ2) is 8.29. The number of ether oxygens (including phenoxy) is 1. The van der Waals surface area contributed by atoms with Gasteiger partial charge in [-0.2, -0.15) is 0 Å². The number of anilines is 1. The number of pyridine rings is 1. The van der Waals surface area contributed by atoms with E-state index in [1.54, 1.807) is 37.2 Å². The first-order chi connectivity index (χ1) is 12.2. The number of benzene rings is 1. The van der Waals surface area contributed by atoms with Crippen molar-refractivity contribution in [3.8, 4) is 17.3 Å². The lowest BCUT2D eigenvalue weighted by molar-refractivity contribution is -0.115. The van der Waals surface area contributed by atoms with Crippen molar-refractivity contribution in [2.45, 2.75) is 11.3 Å². The molecule has 0 aliphatic rings. The molecule has 0 radical (unpaired) electrons. The van der Waals surface area contributed by atoms with Gasteiger partial charge in [-0.15, -0.1) is 16.9 Å². The highest BCUT2D eigenvalue weighted by atomic mass is 32.2. The number of hydrogen-bond donors (Lipinski definition) is 1. The van der Waals surface area contributed by atoms with Gasteiger partial charge in [0.25, 0.3) is 5.89 Å². The van der Waals surface area contributed by atoms with E-state index in [9.17, 15) is 4.79 Å². The molecule has 0 saturated carbocycles. The zero-order valence-corrected chi connectivity index (χ0v) is 14.3. The molecular formula is C17H16N4O3S. The summed E-state index contributed by atoms with van der Waals surface area (Å²) in [5, 5.41) is 10.3. The Balaban J connectivity index is 1.47. The molecule has 0 aliphatic heterocycles. The van der Waals surface area contributed by atoms with E-state index in [0.717, 1.165) is 10.6 Å². The van der Waals surface area contributed by atoms with Crippen LogP contribution in [0.5, 0.6) is 5.75 Å². The van der Waals surface area contributed by atoms with Crippen molar-refractivity contribution in [2.24, 2.45) is 0 Å². The van der Waals surface area contributed by atoms with E-state index in [2.05, 4.69) is 20.5 Å². The van der Waals surface area contributed by atoms with E-state index in [0.29, 0.717) is 17.9 Å². The summed E-state index contributed by atoms with van der Waals surface area (Å²) in [7, 11) is 1.63. The lowest BCUT2D eigenvalue weighted by Gasteiger charge is -2.03. The van der Waals surface area contributed by atoms with Crippen molar-refractivity contribution in [1.29, 1.82) is 0 Å². The van der Waals surface area contributed by atoms with Crippen LogP contribution in [-0.4, -0.2) is 34.0 Å². The van der Waals surface area contributed by atoms with Gasteiger partial charge in [-0.3, -0.25) is 15.1 Å². The molecule has 0 bridgehead atoms. The number of carbonyl (C=O) groups is 1. The van der Waals surface area contributed by atoms with Gasteiger partial charge < -0.3 is 9.15 Å². The molecule has 0 atom stereocenters. The standard InChI is InChI=1S/C17H16N4O3S/c1-23-12-5-7-13(8-6-12)25-11-9-15(22)19-17-21-20-16(24-17)14-4-2-3-10-18-14/h2-8,10H,9,11H2,1H3,(H,19,21,22). The molecular weight excluding hydrogens is 340 g/mol. The van der Waals surface area contributed by atoms with Gasteiger partial charge in [0.1, 0.15) is 11.4 Å². The maximum absolute atomic E-state index is 12.0. The van der Waals surface area contributed by atoms with Gasteiger partial charge in [0, 0.05) is 23.3 Å². The van der Waals surface area contributed by atoms with Crippen LogP contribution >= 0.6 is 11.8 Å². The maximum Gasteiger partial charge on any atom is 0.322 e. The number of nitrogens with zero attached hydrogens (tertiary/aromatic N) is 3. The molecule has 0 saturated heterocycles. The topological polar surface area (TPSA) is 90.1 Å². The molecule has 0 spiro atoms. The quantitative estimate of drug-likeness (QED) is 0.650. The number of nitrogens with one attached hydrogen (secondary N) is 1. The summed E-state index contributed by atoms with van der Waals surface area (Å²) < 4.78 is 10.5. The van der Waals surface area contributed by atoms with Gasteiger partial charge in [0.05, 0.1) is 7.11 Å². The molecule has 1 amide bonds. The number of amides is 1. The predicted molar refractivity (Wildman–Crippen MR) is 94.5 cm³/mol. The summed E-state index contributed by atoms with van der Waals surface area (Å²) >= 11 is 1.59. The normalized spacial score (nSPS) is 10.4. The Bertz CT molecular complexity index is 821. The Morgan fingerprint density at radius 3 is 2.76 bits per heavy atom. The van der Waals surface area contributed by atoms with Gasteiger partial charge in [0.2, 0.25) is 5.91 Å². The van der Waals surface area contributed by atoms with E-state index >= 15 is 0 Å². The van der Waals surface area contributed by atoms with E-state index in [-0.39, 0.29) is 17.8 Å². The SMILES string of the molecule is COc1ccc(SCCC(=O)Nc2nnc(-c3ccccn3)o2)cc1. The van der Waals surface area contributed by atoms with Crippen molar-refractivity contribution in [3.05, 3.63) is 48.7 Å². The summed E-state index contributed by atoms with van der Waals surface area (Å²) in [6, 6.07) is 13.1. The van der Waals surface area contributed by atoms with Crippen LogP contribution in [0.2, 0.25) is 0 Å². The molecule has 3 rings (SSSR count). The number of hydrogen-bond acceptors (Lipinski definition) is 7. The van der Waals surface area contributed by atoms with E-state index < -0.39 is 0 Å². The number of thioether (sulfide) groups is 1. The molecule has 0 unspecified atom stereocenters. The van der Waals surface area contributed by atoms with E-state index in [4.69, 9.17) is 9.15 Å². The first kappa shape index (κ1) is 17.0. The molecule has 128 valence electrons. The van der Waals surface area contributed by atoms with Crippen LogP contribution in [-0.2, 0) is 4.79 Å². The minimum atomic E-state index is -0.183. The molecule has 2 aromatic heterocycles. The molecule has 0 aliphatic carbocycles. The number of carbonyl (C=O) groups excluding carboxylic acids is 1. The first-order valence-electron chi connectivity index (χ1n) is 7.56. The lowest BCUT2D eigenvalue weighted by atomic mass is 10.3. The predicted octanol–water partition coefficient (Wildman–Crippen LogP) is 3.26. The molecule has 25 heavy (non-hydrogen) atoms. The van der Waals surface area contributed by atoms with Crippen molar-refractivity contribution in [2.75, 3.05) is 18.2 Å². The summed E-state index contributed by atoms with van der Waals surface area (Å²) in [6.45, 7) is 0. The van der Waals surface area contributed by atoms with Gasteiger partial charge in [-0.1, -0.05) is 11.2 Å². The second-order valence-corrected chi connectivity index (χ2v) is 6.12. The molecule has 7 nitrogen and oxygen atoms in total. The van der Waals surface area contributed by atoms with Crippen LogP contribution in [0.25, 0.3) is 11.6 Å². The van der Waals surface area contributed by atoms with Gasteiger partial charge >= 0.3 is 6.01 Å². The highest BCUT2D eigenvalue weighted by Gasteiger charge is 2.11. The summed E-state index contributed by atoms with van der Waals surface area (Å²) in [5.41, 5.74) is 0.561. The highest BCUT2D eigenvalue weighted by molar-refractivity contribution is 7.99. The van der Waals surface area contributed by atoms with Crippen LogP contribution < -0.4 is 10.1 Å². The minimum Gasteiger partial charge on any atom is -0.497 e. The second-order valence-electron chi connectivity index (χ2n) is 4.95. The van der Waals surface area contributed by atoms with Crippen LogP contribution in [0.1, 0.15) is 6.42 Å². The van der Waals surface area contributed by atoms with Gasteiger partial charge in [0.15, 0.2) is 0 Å². The Morgan fingerprint density at radius 2 is 2.04 bits per heavy atom. The number of rotatable bonds is 7. The average molecular weight is 356 g/mol. The summed E-state index contributed by atoms with van der Waals surface area (Å²) in [6.07, 6.45) is 1.96. The fraction of sp³-hybridized carbons (Fsp3) is 0.176. The van der Waals surface area contributed by atoms with Crippen LogP contribution in [0.4, 0.5) is 6.01 Å². The lowest BCUT2D eigenvalue weighted by Crippen LogP contribution is -2.12. The summed E-state index contributed by atoms with van der Waals surface area (Å²) in [5.74, 6) is 1.53.